The van der Waals surface area contributed by atoms with E-state index >= 15 is 0 Å². The third-order valence-corrected chi connectivity index (χ3v) is 4.23. The highest BCUT2D eigenvalue weighted by atomic mass is 32.1. The Kier molecular flexibility index (Phi) is 5.03. The van der Waals surface area contributed by atoms with Crippen molar-refractivity contribution in [2.24, 2.45) is 0 Å². The molecule has 6 heteroatoms. The van der Waals surface area contributed by atoms with Crippen molar-refractivity contribution in [1.29, 1.82) is 0 Å². The minimum atomic E-state index is -1.08. The number of rotatable bonds is 6. The van der Waals surface area contributed by atoms with Crippen LogP contribution in [0.25, 0.3) is 0 Å². The Morgan fingerprint density at radius 3 is 2.76 bits per heavy atom. The molecule has 4 nitrogen and oxygen atoms in total. The summed E-state index contributed by atoms with van der Waals surface area (Å²) < 4.78 is 13.9. The monoisotopic (exact) mass is 308 g/mol. The van der Waals surface area contributed by atoms with Gasteiger partial charge in [0, 0.05) is 17.5 Å². The molecular weight excluding hydrogens is 291 g/mol. The molecule has 0 bridgehead atoms. The van der Waals surface area contributed by atoms with Gasteiger partial charge in [0.2, 0.25) is 0 Å². The van der Waals surface area contributed by atoms with Crippen molar-refractivity contribution in [3.05, 3.63) is 51.7 Å². The van der Waals surface area contributed by atoms with Crippen molar-refractivity contribution in [2.45, 2.75) is 25.9 Å². The van der Waals surface area contributed by atoms with Crippen LogP contribution < -0.4 is 0 Å². The van der Waals surface area contributed by atoms with E-state index in [-0.39, 0.29) is 5.56 Å². The molecule has 0 spiro atoms. The molecule has 1 aromatic carbocycles. The van der Waals surface area contributed by atoms with E-state index in [0.29, 0.717) is 6.54 Å². The fourth-order valence-electron chi connectivity index (χ4n) is 2.19. The van der Waals surface area contributed by atoms with Gasteiger partial charge in [-0.1, -0.05) is 25.1 Å². The molecule has 1 atom stereocenters. The van der Waals surface area contributed by atoms with Gasteiger partial charge < -0.3 is 5.11 Å². The fraction of sp³-hybridized carbons (Fsp3) is 0.333. The van der Waals surface area contributed by atoms with Crippen LogP contribution in [0.2, 0.25) is 0 Å². The van der Waals surface area contributed by atoms with Crippen LogP contribution in [0.4, 0.5) is 4.39 Å². The molecule has 0 saturated heterocycles. The molecule has 1 unspecified atom stereocenters. The maximum absolute atomic E-state index is 13.9. The zero-order valence-corrected chi connectivity index (χ0v) is 12.7. The van der Waals surface area contributed by atoms with E-state index < -0.39 is 17.8 Å². The summed E-state index contributed by atoms with van der Waals surface area (Å²) in [5, 5.41) is 12.3. The maximum atomic E-state index is 13.9. The number of halogens is 1. The first-order valence-electron chi connectivity index (χ1n) is 6.63. The van der Waals surface area contributed by atoms with E-state index in [1.54, 1.807) is 35.4 Å². The lowest BCUT2D eigenvalue weighted by atomic mass is 10.1. The van der Waals surface area contributed by atoms with Crippen molar-refractivity contribution in [2.75, 3.05) is 7.05 Å². The molecule has 0 fully saturated rings. The molecule has 2 rings (SSSR count). The van der Waals surface area contributed by atoms with Crippen molar-refractivity contribution >= 4 is 17.3 Å². The Morgan fingerprint density at radius 2 is 2.19 bits per heavy atom. The van der Waals surface area contributed by atoms with Gasteiger partial charge in [-0.3, -0.25) is 9.69 Å². The first-order valence-corrected chi connectivity index (χ1v) is 7.51. The molecule has 1 aromatic heterocycles. The van der Waals surface area contributed by atoms with Crippen LogP contribution in [-0.2, 0) is 17.8 Å². The third-order valence-electron chi connectivity index (χ3n) is 3.19. The number of carboxylic acids is 1. The molecule has 0 amide bonds. The van der Waals surface area contributed by atoms with Gasteiger partial charge in [0.1, 0.15) is 11.9 Å². The fourth-order valence-corrected chi connectivity index (χ4v) is 2.92. The van der Waals surface area contributed by atoms with Crippen molar-refractivity contribution in [1.82, 2.24) is 9.88 Å². The quantitative estimate of drug-likeness (QED) is 0.891. The zero-order chi connectivity index (χ0) is 15.4. The lowest BCUT2D eigenvalue weighted by Crippen LogP contribution is -2.31. The Bertz CT molecular complexity index is 630. The second-order valence-electron chi connectivity index (χ2n) is 4.76. The molecule has 1 heterocycles. The SMILES string of the molecule is CCc1nc(CN(C)C(C(=O)O)c2ccccc2F)cs1. The topological polar surface area (TPSA) is 53.4 Å². The van der Waals surface area contributed by atoms with Crippen LogP contribution in [0.5, 0.6) is 0 Å². The van der Waals surface area contributed by atoms with Crippen LogP contribution in [0.1, 0.15) is 29.2 Å². The normalized spacial score (nSPS) is 12.6. The van der Waals surface area contributed by atoms with Crippen LogP contribution >= 0.6 is 11.3 Å². The Morgan fingerprint density at radius 1 is 1.48 bits per heavy atom. The second kappa shape index (κ2) is 6.78. The third kappa shape index (κ3) is 3.65. The maximum Gasteiger partial charge on any atom is 0.325 e. The zero-order valence-electron chi connectivity index (χ0n) is 11.9. The molecule has 0 aliphatic carbocycles. The second-order valence-corrected chi connectivity index (χ2v) is 5.71. The number of carbonyl (C=O) groups is 1. The lowest BCUT2D eigenvalue weighted by Gasteiger charge is -2.24. The summed E-state index contributed by atoms with van der Waals surface area (Å²) in [5.41, 5.74) is 0.973. The molecule has 0 radical (unpaired) electrons. The Labute approximate surface area is 126 Å². The lowest BCUT2D eigenvalue weighted by molar-refractivity contribution is -0.143. The van der Waals surface area contributed by atoms with Crippen LogP contribution in [-0.4, -0.2) is 28.0 Å². The molecule has 2 aromatic rings. The summed E-state index contributed by atoms with van der Waals surface area (Å²) in [5.74, 6) is -1.59. The predicted molar refractivity (Wildman–Crippen MR) is 79.7 cm³/mol. The summed E-state index contributed by atoms with van der Waals surface area (Å²) in [4.78, 5) is 17.5. The van der Waals surface area contributed by atoms with Gasteiger partial charge in [0.15, 0.2) is 0 Å². The summed E-state index contributed by atoms with van der Waals surface area (Å²) in [6.45, 7) is 2.38. The number of nitrogens with zero attached hydrogens (tertiary/aromatic N) is 2. The first-order chi connectivity index (χ1) is 10.0. The standard InChI is InChI=1S/C15H17FN2O2S/c1-3-13-17-10(9-21-13)8-18(2)14(15(19)20)11-6-4-5-7-12(11)16/h4-7,9,14H,3,8H2,1-2H3,(H,19,20). The number of benzene rings is 1. The van der Waals surface area contributed by atoms with Gasteiger partial charge in [0.25, 0.3) is 0 Å². The number of hydrogen-bond acceptors (Lipinski definition) is 4. The summed E-state index contributed by atoms with van der Waals surface area (Å²) >= 11 is 1.55. The predicted octanol–water partition coefficient (Wildman–Crippen LogP) is 3.10. The molecule has 0 aliphatic rings. The van der Waals surface area contributed by atoms with E-state index in [1.807, 2.05) is 12.3 Å². The van der Waals surface area contributed by atoms with Crippen LogP contribution in [0, 0.1) is 5.82 Å². The highest BCUT2D eigenvalue weighted by Gasteiger charge is 2.27. The summed E-state index contributed by atoms with van der Waals surface area (Å²) in [6, 6.07) is 4.93. The van der Waals surface area contributed by atoms with Gasteiger partial charge in [-0.2, -0.15) is 0 Å². The van der Waals surface area contributed by atoms with E-state index in [2.05, 4.69) is 4.98 Å². The average Bonchev–Trinajstić information content (AvgIpc) is 2.88. The average molecular weight is 308 g/mol. The van der Waals surface area contributed by atoms with Gasteiger partial charge in [0.05, 0.1) is 10.7 Å². The smallest absolute Gasteiger partial charge is 0.325 e. The Balaban J connectivity index is 2.22. The number of aliphatic carboxylic acids is 1. The minimum absolute atomic E-state index is 0.165. The van der Waals surface area contributed by atoms with E-state index in [9.17, 15) is 14.3 Å². The van der Waals surface area contributed by atoms with Crippen molar-refractivity contribution in [3.63, 3.8) is 0 Å². The molecule has 0 saturated carbocycles. The molecule has 112 valence electrons. The van der Waals surface area contributed by atoms with Crippen LogP contribution in [0.15, 0.2) is 29.6 Å². The van der Waals surface area contributed by atoms with Crippen molar-refractivity contribution < 1.29 is 14.3 Å². The summed E-state index contributed by atoms with van der Waals surface area (Å²) in [7, 11) is 1.66. The molecule has 1 N–H and O–H groups in total. The van der Waals surface area contributed by atoms with Gasteiger partial charge in [-0.25, -0.2) is 9.37 Å². The molecule has 0 aliphatic heterocycles. The highest BCUT2D eigenvalue weighted by Crippen LogP contribution is 2.24. The Hall–Kier alpha value is -1.79. The number of likely N-dealkylation sites (N-methyl/N-ethyl adjacent to an activating group) is 1. The largest absolute Gasteiger partial charge is 0.480 e. The van der Waals surface area contributed by atoms with Gasteiger partial charge >= 0.3 is 5.97 Å². The number of hydrogen-bond donors (Lipinski definition) is 1. The molecular formula is C15H17FN2O2S. The minimum Gasteiger partial charge on any atom is -0.480 e. The van der Waals surface area contributed by atoms with Crippen molar-refractivity contribution in [3.8, 4) is 0 Å². The van der Waals surface area contributed by atoms with E-state index in [4.69, 9.17) is 0 Å². The van der Waals surface area contributed by atoms with Gasteiger partial charge in [-0.15, -0.1) is 11.3 Å². The van der Waals surface area contributed by atoms with E-state index in [0.717, 1.165) is 17.1 Å². The highest BCUT2D eigenvalue weighted by molar-refractivity contribution is 7.09. The van der Waals surface area contributed by atoms with Gasteiger partial charge in [-0.05, 0) is 19.5 Å². The van der Waals surface area contributed by atoms with E-state index in [1.165, 1.54) is 12.1 Å². The number of carboxylic acid groups (broad SMARTS) is 1. The van der Waals surface area contributed by atoms with Crippen LogP contribution in [0.3, 0.4) is 0 Å². The molecule has 21 heavy (non-hydrogen) atoms. The number of aromatic nitrogens is 1. The number of aryl methyl sites for hydroxylation is 1. The first kappa shape index (κ1) is 15.6. The number of thiazole rings is 1. The summed E-state index contributed by atoms with van der Waals surface area (Å²) in [6.07, 6.45) is 0.851.